The summed E-state index contributed by atoms with van der Waals surface area (Å²) in [6, 6.07) is 0. The van der Waals surface area contributed by atoms with Gasteiger partial charge in [-0.25, -0.2) is 9.97 Å². The van der Waals surface area contributed by atoms with E-state index in [4.69, 9.17) is 10.5 Å². The van der Waals surface area contributed by atoms with Gasteiger partial charge in [-0.05, 0) is 19.1 Å². The molecule has 6 nitrogen and oxygen atoms in total. The van der Waals surface area contributed by atoms with E-state index >= 15 is 0 Å². The summed E-state index contributed by atoms with van der Waals surface area (Å²) < 4.78 is 7.32. The molecule has 0 fully saturated rings. The van der Waals surface area contributed by atoms with Crippen molar-refractivity contribution in [1.29, 1.82) is 0 Å². The average Bonchev–Trinajstić information content (AvgIpc) is 2.80. The molecule has 0 aliphatic rings. The Kier molecular flexibility index (Phi) is 4.37. The summed E-state index contributed by atoms with van der Waals surface area (Å²) in [5.74, 6) is 0.919. The number of nitrogen functional groups attached to an aromatic ring is 1. The molecule has 2 aromatic rings. The van der Waals surface area contributed by atoms with Gasteiger partial charge in [0.2, 0.25) is 11.8 Å². The van der Waals surface area contributed by atoms with Crippen LogP contribution in [0.1, 0.15) is 26.7 Å². The minimum atomic E-state index is 0.139. The molecule has 0 bridgehead atoms. The van der Waals surface area contributed by atoms with Gasteiger partial charge in [0, 0.05) is 11.3 Å². The zero-order valence-corrected chi connectivity index (χ0v) is 13.2. The van der Waals surface area contributed by atoms with Crippen molar-refractivity contribution < 1.29 is 4.74 Å². The van der Waals surface area contributed by atoms with Crippen LogP contribution in [0.2, 0.25) is 0 Å². The number of anilines is 1. The number of nitrogens with zero attached hydrogens (tertiary/aromatic N) is 4. The molecular formula is C13H21N5OS. The molecule has 0 radical (unpaired) electrons. The van der Waals surface area contributed by atoms with Crippen molar-refractivity contribution >= 4 is 28.9 Å². The van der Waals surface area contributed by atoms with Crippen LogP contribution in [0.15, 0.2) is 6.33 Å². The van der Waals surface area contributed by atoms with E-state index in [9.17, 15) is 0 Å². The first-order valence-electron chi connectivity index (χ1n) is 6.66. The number of hydrogen-bond donors (Lipinski definition) is 1. The molecule has 2 N–H and O–H groups in total. The monoisotopic (exact) mass is 295 g/mol. The molecule has 2 rings (SSSR count). The fraction of sp³-hybridized carbons (Fsp3) is 0.615. The van der Waals surface area contributed by atoms with Crippen molar-refractivity contribution in [2.45, 2.75) is 38.0 Å². The summed E-state index contributed by atoms with van der Waals surface area (Å²) in [6.45, 7) is 5.18. The lowest BCUT2D eigenvalue weighted by atomic mass is 10.0. The molecule has 0 spiro atoms. The van der Waals surface area contributed by atoms with Crippen LogP contribution in [-0.4, -0.2) is 37.6 Å². The molecule has 0 aromatic carbocycles. The van der Waals surface area contributed by atoms with Crippen LogP contribution in [0.5, 0.6) is 5.88 Å². The lowest BCUT2D eigenvalue weighted by Gasteiger charge is -2.30. The van der Waals surface area contributed by atoms with E-state index < -0.39 is 0 Å². The van der Waals surface area contributed by atoms with Gasteiger partial charge in [0.25, 0.3) is 0 Å². The van der Waals surface area contributed by atoms with Crippen LogP contribution in [0, 0.1) is 0 Å². The topological polar surface area (TPSA) is 78.9 Å². The zero-order chi connectivity index (χ0) is 14.8. The maximum absolute atomic E-state index is 6.07. The van der Waals surface area contributed by atoms with E-state index in [1.165, 1.54) is 6.33 Å². The average molecular weight is 295 g/mol. The first-order chi connectivity index (χ1) is 9.60. The lowest BCUT2D eigenvalue weighted by molar-refractivity contribution is 0.401. The molecule has 7 heteroatoms. The van der Waals surface area contributed by atoms with Crippen LogP contribution in [0.4, 0.5) is 5.95 Å². The molecule has 0 saturated carbocycles. The maximum atomic E-state index is 6.07. The van der Waals surface area contributed by atoms with Crippen LogP contribution in [0.25, 0.3) is 11.2 Å². The highest BCUT2D eigenvalue weighted by Gasteiger charge is 2.28. The van der Waals surface area contributed by atoms with E-state index in [1.807, 2.05) is 16.3 Å². The predicted molar refractivity (Wildman–Crippen MR) is 83.1 cm³/mol. The standard InChI is InChI=1S/C13H21N5OS/c1-5-13(6-2,20-4)7-18-10-9(17-12(18)14)11(19-3)16-8-15-10/h8H,5-7H2,1-4H3,(H2,14,17). The number of fused-ring (bicyclic) bond motifs is 1. The summed E-state index contributed by atoms with van der Waals surface area (Å²) in [4.78, 5) is 12.7. The normalized spacial score (nSPS) is 12.0. The fourth-order valence-corrected chi connectivity index (χ4v) is 3.19. The number of ether oxygens (including phenoxy) is 1. The second-order valence-electron chi connectivity index (χ2n) is 4.71. The number of nitrogens with two attached hydrogens (primary N) is 1. The molecule has 2 aromatic heterocycles. The minimum Gasteiger partial charge on any atom is -0.479 e. The van der Waals surface area contributed by atoms with Crippen molar-refractivity contribution in [1.82, 2.24) is 19.5 Å². The van der Waals surface area contributed by atoms with Crippen molar-refractivity contribution in [3.05, 3.63) is 6.33 Å². The van der Waals surface area contributed by atoms with Gasteiger partial charge in [-0.15, -0.1) is 0 Å². The van der Waals surface area contributed by atoms with Crippen molar-refractivity contribution in [3.8, 4) is 5.88 Å². The van der Waals surface area contributed by atoms with Gasteiger partial charge in [0.1, 0.15) is 6.33 Å². The SMILES string of the molecule is CCC(CC)(Cn1c(N)nc2c(OC)ncnc21)SC. The Morgan fingerprint density at radius 2 is 2.05 bits per heavy atom. The molecule has 0 aliphatic heterocycles. The number of hydrogen-bond acceptors (Lipinski definition) is 6. The highest BCUT2D eigenvalue weighted by molar-refractivity contribution is 8.00. The van der Waals surface area contributed by atoms with Gasteiger partial charge in [0.05, 0.1) is 7.11 Å². The van der Waals surface area contributed by atoms with Crippen LogP contribution in [0.3, 0.4) is 0 Å². The molecule has 110 valence electrons. The third-order valence-corrected chi connectivity index (χ3v) is 5.46. The van der Waals surface area contributed by atoms with Crippen LogP contribution < -0.4 is 10.5 Å². The molecular weight excluding hydrogens is 274 g/mol. The number of rotatable bonds is 6. The summed E-state index contributed by atoms with van der Waals surface area (Å²) in [5, 5.41) is 0. The first-order valence-corrected chi connectivity index (χ1v) is 7.89. The number of thioether (sulfide) groups is 1. The van der Waals surface area contributed by atoms with Gasteiger partial charge >= 0.3 is 0 Å². The molecule has 0 unspecified atom stereocenters. The minimum absolute atomic E-state index is 0.139. The first kappa shape index (κ1) is 14.9. The highest BCUT2D eigenvalue weighted by Crippen LogP contribution is 2.34. The molecule has 20 heavy (non-hydrogen) atoms. The van der Waals surface area contributed by atoms with E-state index in [0.717, 1.165) is 25.0 Å². The Balaban J connectivity index is 2.52. The van der Waals surface area contributed by atoms with E-state index in [0.29, 0.717) is 17.3 Å². The van der Waals surface area contributed by atoms with E-state index in [1.54, 1.807) is 7.11 Å². The highest BCUT2D eigenvalue weighted by atomic mass is 32.2. The zero-order valence-electron chi connectivity index (χ0n) is 12.4. The molecule has 0 atom stereocenters. The van der Waals surface area contributed by atoms with Crippen molar-refractivity contribution in [3.63, 3.8) is 0 Å². The van der Waals surface area contributed by atoms with Gasteiger partial charge in [0.15, 0.2) is 11.2 Å². The quantitative estimate of drug-likeness (QED) is 0.881. The second kappa shape index (κ2) is 5.87. The van der Waals surface area contributed by atoms with Gasteiger partial charge < -0.3 is 10.5 Å². The Morgan fingerprint density at radius 1 is 1.35 bits per heavy atom. The smallest absolute Gasteiger partial charge is 0.245 e. The lowest BCUT2D eigenvalue weighted by Crippen LogP contribution is -2.29. The second-order valence-corrected chi connectivity index (χ2v) is 5.98. The molecule has 0 saturated heterocycles. The van der Waals surface area contributed by atoms with Gasteiger partial charge in [-0.1, -0.05) is 13.8 Å². The number of aromatic nitrogens is 4. The van der Waals surface area contributed by atoms with E-state index in [-0.39, 0.29) is 4.75 Å². The summed E-state index contributed by atoms with van der Waals surface area (Å²) >= 11 is 1.86. The summed E-state index contributed by atoms with van der Waals surface area (Å²) in [6.07, 6.45) is 5.74. The molecule has 2 heterocycles. The van der Waals surface area contributed by atoms with Crippen molar-refractivity contribution in [2.24, 2.45) is 0 Å². The Labute approximate surface area is 123 Å². The molecule has 0 amide bonds. The largest absolute Gasteiger partial charge is 0.479 e. The van der Waals surface area contributed by atoms with E-state index in [2.05, 4.69) is 35.1 Å². The third kappa shape index (κ3) is 2.42. The third-order valence-electron chi connectivity index (χ3n) is 3.89. The fourth-order valence-electron chi connectivity index (χ4n) is 2.35. The predicted octanol–water partition coefficient (Wildman–Crippen LogP) is 2.34. The number of methoxy groups -OCH3 is 1. The Bertz CT molecular complexity index is 585. The molecule has 0 aliphatic carbocycles. The van der Waals surface area contributed by atoms with Crippen LogP contribution in [-0.2, 0) is 6.54 Å². The van der Waals surface area contributed by atoms with Gasteiger partial charge in [-0.2, -0.15) is 16.7 Å². The maximum Gasteiger partial charge on any atom is 0.245 e. The van der Waals surface area contributed by atoms with Gasteiger partial charge in [-0.3, -0.25) is 4.57 Å². The Morgan fingerprint density at radius 3 is 2.60 bits per heavy atom. The number of imidazole rings is 1. The summed E-state index contributed by atoms with van der Waals surface area (Å²) in [7, 11) is 1.57. The Hall–Kier alpha value is -1.50. The van der Waals surface area contributed by atoms with Crippen LogP contribution >= 0.6 is 11.8 Å². The van der Waals surface area contributed by atoms with Crippen molar-refractivity contribution in [2.75, 3.05) is 19.1 Å². The summed E-state index contributed by atoms with van der Waals surface area (Å²) in [5.41, 5.74) is 7.42.